The molecule has 1 fully saturated rings. The first-order valence-corrected chi connectivity index (χ1v) is 9.83. The van der Waals surface area contributed by atoms with Crippen molar-refractivity contribution in [3.05, 3.63) is 41.4 Å². The molecule has 1 amide bonds. The van der Waals surface area contributed by atoms with Crippen LogP contribution in [0.15, 0.2) is 35.6 Å². The van der Waals surface area contributed by atoms with E-state index in [4.69, 9.17) is 11.6 Å². The number of benzene rings is 1. The standard InChI is InChI=1S/C18H20ClFN4OS/c1-12-4-3-7-24(9-12)15-8-17(22-11-21-15)26-10-16(25)23-14-6-2-5-13(19)18(14)20/h2,5-6,8,11-12H,3-4,7,9-10H2,1H3,(H,23,25)/t12-/m0/s1. The molecule has 1 aliphatic rings. The Morgan fingerprint density at radius 1 is 1.46 bits per heavy atom. The molecule has 2 heterocycles. The lowest BCUT2D eigenvalue weighted by atomic mass is 10.0. The van der Waals surface area contributed by atoms with Gasteiger partial charge in [-0.15, -0.1) is 0 Å². The van der Waals surface area contributed by atoms with E-state index in [1.165, 1.54) is 36.6 Å². The van der Waals surface area contributed by atoms with Gasteiger partial charge in [0.15, 0.2) is 5.82 Å². The van der Waals surface area contributed by atoms with E-state index in [0.29, 0.717) is 5.92 Å². The number of nitrogens with one attached hydrogen (secondary N) is 1. The van der Waals surface area contributed by atoms with E-state index in [1.807, 2.05) is 6.07 Å². The van der Waals surface area contributed by atoms with Gasteiger partial charge in [0.05, 0.1) is 16.5 Å². The van der Waals surface area contributed by atoms with Gasteiger partial charge < -0.3 is 10.2 Å². The summed E-state index contributed by atoms with van der Waals surface area (Å²) >= 11 is 7.01. The van der Waals surface area contributed by atoms with Gasteiger partial charge >= 0.3 is 0 Å². The molecule has 0 spiro atoms. The monoisotopic (exact) mass is 394 g/mol. The number of anilines is 2. The van der Waals surface area contributed by atoms with E-state index in [2.05, 4.69) is 27.1 Å². The van der Waals surface area contributed by atoms with Crippen molar-refractivity contribution in [1.29, 1.82) is 0 Å². The van der Waals surface area contributed by atoms with Gasteiger partial charge in [-0.3, -0.25) is 4.79 Å². The number of nitrogens with zero attached hydrogens (tertiary/aromatic N) is 3. The third-order valence-corrected chi connectivity index (χ3v) is 5.40. The van der Waals surface area contributed by atoms with E-state index in [9.17, 15) is 9.18 Å². The van der Waals surface area contributed by atoms with Crippen LogP contribution in [0.3, 0.4) is 0 Å². The molecule has 0 saturated carbocycles. The van der Waals surface area contributed by atoms with Crippen molar-refractivity contribution in [2.75, 3.05) is 29.1 Å². The van der Waals surface area contributed by atoms with Gasteiger partial charge in [0, 0.05) is 19.2 Å². The molecule has 26 heavy (non-hydrogen) atoms. The summed E-state index contributed by atoms with van der Waals surface area (Å²) in [6.07, 6.45) is 3.91. The molecule has 8 heteroatoms. The van der Waals surface area contributed by atoms with Crippen LogP contribution in [0.25, 0.3) is 0 Å². The summed E-state index contributed by atoms with van der Waals surface area (Å²) in [6, 6.07) is 6.40. The van der Waals surface area contributed by atoms with Gasteiger partial charge in [0.1, 0.15) is 17.2 Å². The van der Waals surface area contributed by atoms with Crippen molar-refractivity contribution in [1.82, 2.24) is 9.97 Å². The molecule has 0 radical (unpaired) electrons. The summed E-state index contributed by atoms with van der Waals surface area (Å²) in [5, 5.41) is 3.23. The molecule has 0 bridgehead atoms. The number of carbonyl (C=O) groups excluding carboxylic acids is 1. The number of piperidine rings is 1. The van der Waals surface area contributed by atoms with Gasteiger partial charge in [-0.1, -0.05) is 36.4 Å². The fourth-order valence-electron chi connectivity index (χ4n) is 2.91. The van der Waals surface area contributed by atoms with Crippen molar-refractivity contribution < 1.29 is 9.18 Å². The second-order valence-electron chi connectivity index (χ2n) is 6.35. The summed E-state index contributed by atoms with van der Waals surface area (Å²) in [5.74, 6) is 0.709. The zero-order valence-corrected chi connectivity index (χ0v) is 16.0. The predicted octanol–water partition coefficient (Wildman–Crippen LogP) is 4.24. The molecule has 1 aromatic heterocycles. The summed E-state index contributed by atoms with van der Waals surface area (Å²) in [6.45, 7) is 4.21. The van der Waals surface area contributed by atoms with Crippen LogP contribution in [0, 0.1) is 11.7 Å². The van der Waals surface area contributed by atoms with E-state index >= 15 is 0 Å². The number of carbonyl (C=O) groups is 1. The van der Waals surface area contributed by atoms with Crippen molar-refractivity contribution >= 4 is 40.8 Å². The molecule has 0 unspecified atom stereocenters. The van der Waals surface area contributed by atoms with Crippen LogP contribution in [0.2, 0.25) is 5.02 Å². The summed E-state index contributed by atoms with van der Waals surface area (Å²) in [5.41, 5.74) is 0.0776. The molecule has 1 N–H and O–H groups in total. The maximum absolute atomic E-state index is 13.8. The number of hydrogen-bond acceptors (Lipinski definition) is 5. The summed E-state index contributed by atoms with van der Waals surface area (Å²) < 4.78 is 13.8. The molecule has 138 valence electrons. The predicted molar refractivity (Wildman–Crippen MR) is 103 cm³/mol. The van der Waals surface area contributed by atoms with Crippen LogP contribution < -0.4 is 10.2 Å². The molecule has 1 aromatic carbocycles. The number of rotatable bonds is 5. The Balaban J connectivity index is 1.58. The fourth-order valence-corrected chi connectivity index (χ4v) is 3.74. The number of halogens is 2. The van der Waals surface area contributed by atoms with Crippen LogP contribution in [0.4, 0.5) is 15.9 Å². The van der Waals surface area contributed by atoms with E-state index in [1.54, 1.807) is 6.07 Å². The Kier molecular flexibility index (Phi) is 6.32. The van der Waals surface area contributed by atoms with Crippen LogP contribution in [-0.4, -0.2) is 34.7 Å². The number of aromatic nitrogens is 2. The summed E-state index contributed by atoms with van der Waals surface area (Å²) in [7, 11) is 0. The molecule has 1 aliphatic heterocycles. The maximum Gasteiger partial charge on any atom is 0.234 e. The summed E-state index contributed by atoms with van der Waals surface area (Å²) in [4.78, 5) is 22.9. The first-order valence-electron chi connectivity index (χ1n) is 8.46. The van der Waals surface area contributed by atoms with Crippen molar-refractivity contribution in [3.8, 4) is 0 Å². The van der Waals surface area contributed by atoms with Crippen LogP contribution >= 0.6 is 23.4 Å². The van der Waals surface area contributed by atoms with Crippen molar-refractivity contribution in [2.45, 2.75) is 24.8 Å². The van der Waals surface area contributed by atoms with Crippen LogP contribution in [0.5, 0.6) is 0 Å². The number of amides is 1. The zero-order chi connectivity index (χ0) is 18.5. The third kappa shape index (κ3) is 4.86. The first-order chi connectivity index (χ1) is 12.5. The van der Waals surface area contributed by atoms with E-state index in [0.717, 1.165) is 30.4 Å². The third-order valence-electron chi connectivity index (χ3n) is 4.19. The SMILES string of the molecule is C[C@H]1CCCN(c2cc(SCC(=O)Nc3cccc(Cl)c3F)ncn2)C1. The van der Waals surface area contributed by atoms with Gasteiger partial charge in [-0.05, 0) is 30.9 Å². The lowest BCUT2D eigenvalue weighted by Crippen LogP contribution is -2.34. The Morgan fingerprint density at radius 2 is 2.31 bits per heavy atom. The van der Waals surface area contributed by atoms with E-state index < -0.39 is 5.82 Å². The van der Waals surface area contributed by atoms with Gasteiger partial charge in [-0.2, -0.15) is 0 Å². The minimum absolute atomic E-state index is 0.0216. The largest absolute Gasteiger partial charge is 0.356 e. The smallest absolute Gasteiger partial charge is 0.234 e. The van der Waals surface area contributed by atoms with E-state index in [-0.39, 0.29) is 22.4 Å². The average molecular weight is 395 g/mol. The molecule has 2 aromatic rings. The molecule has 3 rings (SSSR count). The number of thioether (sulfide) groups is 1. The minimum atomic E-state index is -0.629. The molecule has 0 aliphatic carbocycles. The topological polar surface area (TPSA) is 58.1 Å². The highest BCUT2D eigenvalue weighted by molar-refractivity contribution is 7.99. The Morgan fingerprint density at radius 3 is 3.12 bits per heavy atom. The number of hydrogen-bond donors (Lipinski definition) is 1. The lowest BCUT2D eigenvalue weighted by Gasteiger charge is -2.31. The second-order valence-corrected chi connectivity index (χ2v) is 7.75. The normalized spacial score (nSPS) is 17.2. The molecule has 5 nitrogen and oxygen atoms in total. The maximum atomic E-state index is 13.8. The molecular formula is C18H20ClFN4OS. The molecule has 1 saturated heterocycles. The Labute approximate surface area is 161 Å². The molecular weight excluding hydrogens is 375 g/mol. The highest BCUT2D eigenvalue weighted by Crippen LogP contribution is 2.25. The van der Waals surface area contributed by atoms with Gasteiger partial charge in [0.2, 0.25) is 5.91 Å². The Bertz CT molecular complexity index is 792. The minimum Gasteiger partial charge on any atom is -0.356 e. The van der Waals surface area contributed by atoms with Gasteiger partial charge in [0.25, 0.3) is 0 Å². The van der Waals surface area contributed by atoms with Crippen molar-refractivity contribution in [3.63, 3.8) is 0 Å². The first kappa shape index (κ1) is 18.9. The van der Waals surface area contributed by atoms with Crippen molar-refractivity contribution in [2.24, 2.45) is 5.92 Å². The van der Waals surface area contributed by atoms with Gasteiger partial charge in [-0.25, -0.2) is 14.4 Å². The van der Waals surface area contributed by atoms with Crippen LogP contribution in [-0.2, 0) is 4.79 Å². The van der Waals surface area contributed by atoms with Crippen LogP contribution in [0.1, 0.15) is 19.8 Å². The highest BCUT2D eigenvalue weighted by Gasteiger charge is 2.18. The fraction of sp³-hybridized carbons (Fsp3) is 0.389. The zero-order valence-electron chi connectivity index (χ0n) is 14.4. The quantitative estimate of drug-likeness (QED) is 0.607. The lowest BCUT2D eigenvalue weighted by molar-refractivity contribution is -0.113. The highest BCUT2D eigenvalue weighted by atomic mass is 35.5. The second kappa shape index (κ2) is 8.68. The Hall–Kier alpha value is -1.86. The molecule has 1 atom stereocenters. The average Bonchev–Trinajstić information content (AvgIpc) is 2.64.